The summed E-state index contributed by atoms with van der Waals surface area (Å²) in [6.45, 7) is 3.80. The molecule has 1 rings (SSSR count). The Labute approximate surface area is 88.5 Å². The van der Waals surface area contributed by atoms with Crippen LogP contribution in [-0.4, -0.2) is 5.11 Å². The van der Waals surface area contributed by atoms with Crippen molar-refractivity contribution in [1.82, 2.24) is 0 Å². The van der Waals surface area contributed by atoms with E-state index in [9.17, 15) is 14.6 Å². The molecule has 0 heterocycles. The quantitative estimate of drug-likeness (QED) is 0.536. The van der Waals surface area contributed by atoms with Gasteiger partial charge in [0.15, 0.2) is 7.67 Å². The molecule has 0 amide bonds. The Bertz CT molecular complexity index is 400. The summed E-state index contributed by atoms with van der Waals surface area (Å²) >= 11 is 0. The largest absolute Gasteiger partial charge is 0.772 e. The van der Waals surface area contributed by atoms with Gasteiger partial charge < -0.3 is 15.1 Å². The second kappa shape index (κ2) is 4.23. The van der Waals surface area contributed by atoms with Crippen LogP contribution in [0.25, 0.3) is 0 Å². The molecule has 1 unspecified atom stereocenters. The third-order valence-electron chi connectivity index (χ3n) is 1.93. The van der Waals surface area contributed by atoms with E-state index in [1.807, 2.05) is 13.8 Å². The van der Waals surface area contributed by atoms with Crippen LogP contribution in [0.2, 0.25) is 0 Å². The molecule has 1 aromatic rings. The average molecular weight is 229 g/mol. The molecule has 5 nitrogen and oxygen atoms in total. The van der Waals surface area contributed by atoms with E-state index in [1.54, 1.807) is 6.07 Å². The zero-order valence-corrected chi connectivity index (χ0v) is 9.49. The lowest BCUT2D eigenvalue weighted by Gasteiger charge is -2.20. The van der Waals surface area contributed by atoms with Gasteiger partial charge in [-0.2, -0.15) is 0 Å². The number of nitrogens with two attached hydrogens (primary N) is 1. The van der Waals surface area contributed by atoms with Crippen molar-refractivity contribution < 1.29 is 14.6 Å². The number of phenols is 1. The zero-order valence-electron chi connectivity index (χ0n) is 8.60. The van der Waals surface area contributed by atoms with Gasteiger partial charge in [-0.3, -0.25) is 10.1 Å². The van der Waals surface area contributed by atoms with Gasteiger partial charge in [-0.1, -0.05) is 13.8 Å². The summed E-state index contributed by atoms with van der Waals surface area (Å²) in [5.41, 5.74) is 5.89. The number of benzene rings is 1. The molecule has 15 heavy (non-hydrogen) atoms. The van der Waals surface area contributed by atoms with Gasteiger partial charge in [0.1, 0.15) is 5.75 Å². The van der Waals surface area contributed by atoms with E-state index in [0.717, 1.165) is 0 Å². The Morgan fingerprint density at radius 1 is 1.53 bits per heavy atom. The third kappa shape index (κ3) is 3.55. The predicted octanol–water partition coefficient (Wildman–Crippen LogP) is 1.35. The normalized spacial score (nSPS) is 15.0. The molecule has 0 aliphatic heterocycles. The smallest absolute Gasteiger partial charge is 0.165 e. The first-order valence-electron chi connectivity index (χ1n) is 4.50. The van der Waals surface area contributed by atoms with Crippen LogP contribution in [0.5, 0.6) is 5.75 Å². The number of anilines is 1. The van der Waals surface area contributed by atoms with Gasteiger partial charge in [0.25, 0.3) is 0 Å². The van der Waals surface area contributed by atoms with Crippen LogP contribution in [0.3, 0.4) is 0 Å². The van der Waals surface area contributed by atoms with E-state index in [4.69, 9.17) is 5.50 Å². The van der Waals surface area contributed by atoms with Gasteiger partial charge in [-0.25, -0.2) is 0 Å². The predicted molar refractivity (Wildman–Crippen MR) is 57.6 cm³/mol. The molecule has 0 fully saturated rings. The molecule has 0 aliphatic rings. The topological polar surface area (TPSA) is 98.4 Å². The molecular weight excluding hydrogens is 215 g/mol. The van der Waals surface area contributed by atoms with Gasteiger partial charge in [-0.05, 0) is 29.7 Å². The lowest BCUT2D eigenvalue weighted by atomic mass is 10.0. The number of hydrogen-bond donors (Lipinski definition) is 3. The first-order valence-corrected chi connectivity index (χ1v) is 6.20. The second-order valence-corrected chi connectivity index (χ2v) is 5.05. The Morgan fingerprint density at radius 3 is 2.60 bits per heavy atom. The van der Waals surface area contributed by atoms with Crippen LogP contribution in [0, 0.1) is 0 Å². The number of rotatable bonds is 3. The van der Waals surface area contributed by atoms with Gasteiger partial charge in [-0.15, -0.1) is 0 Å². The summed E-state index contributed by atoms with van der Waals surface area (Å²) in [4.78, 5) is 10.8. The van der Waals surface area contributed by atoms with Crippen LogP contribution in [0.4, 0.5) is 5.69 Å². The second-order valence-electron chi connectivity index (χ2n) is 3.64. The molecular formula is C9H14N2O3P-. The molecule has 0 spiro atoms. The fourth-order valence-electron chi connectivity index (χ4n) is 1.27. The molecule has 1 aromatic carbocycles. The lowest BCUT2D eigenvalue weighted by Crippen LogP contribution is -2.17. The van der Waals surface area contributed by atoms with Gasteiger partial charge in [0.05, 0.1) is 0 Å². The number of hydrogen-bond acceptors (Lipinski definition) is 3. The van der Waals surface area contributed by atoms with Crippen molar-refractivity contribution in [3.8, 4) is 5.75 Å². The highest BCUT2D eigenvalue weighted by molar-refractivity contribution is 7.55. The molecule has 0 bridgehead atoms. The monoisotopic (exact) mass is 229 g/mol. The van der Waals surface area contributed by atoms with Gasteiger partial charge in [0, 0.05) is 5.69 Å². The Morgan fingerprint density at radius 2 is 2.13 bits per heavy atom. The standard InChI is InChI=1S/C9H15N2O3P/c1-6(2)8-5-7(3-4-9(8)12)11-15(10,13)14/h3-6,12H,1-2H3,(H4,10,11,13,14)/p-1. The molecule has 0 radical (unpaired) electrons. The summed E-state index contributed by atoms with van der Waals surface area (Å²) in [5.74, 6) is 0.254. The SMILES string of the molecule is CC(C)c1cc(NP(N)(=O)[O-])ccc1O. The first kappa shape index (κ1) is 12.0. The number of aromatic hydroxyl groups is 1. The summed E-state index contributed by atoms with van der Waals surface area (Å²) in [6.07, 6.45) is 0. The van der Waals surface area contributed by atoms with Crippen molar-refractivity contribution in [2.24, 2.45) is 5.50 Å². The summed E-state index contributed by atoms with van der Waals surface area (Å²) in [6, 6.07) is 4.46. The number of nitrogens with one attached hydrogen (secondary N) is 1. The van der Waals surface area contributed by atoms with Crippen LogP contribution in [0.1, 0.15) is 25.3 Å². The number of phenolic OH excluding ortho intramolecular Hbond substituents is 1. The first-order chi connectivity index (χ1) is 6.79. The fourth-order valence-corrected chi connectivity index (χ4v) is 1.77. The van der Waals surface area contributed by atoms with Crippen LogP contribution < -0.4 is 15.5 Å². The minimum Gasteiger partial charge on any atom is -0.772 e. The molecule has 6 heteroatoms. The molecule has 4 N–H and O–H groups in total. The van der Waals surface area contributed by atoms with E-state index in [-0.39, 0.29) is 11.7 Å². The lowest BCUT2D eigenvalue weighted by molar-refractivity contribution is -0.173. The Hall–Kier alpha value is -1.03. The molecule has 0 aromatic heterocycles. The zero-order chi connectivity index (χ0) is 11.6. The maximum Gasteiger partial charge on any atom is 0.165 e. The highest BCUT2D eigenvalue weighted by Gasteiger charge is 2.08. The van der Waals surface area contributed by atoms with E-state index in [1.165, 1.54) is 12.1 Å². The summed E-state index contributed by atoms with van der Waals surface area (Å²) in [5, 5.41) is 11.7. The Kier molecular flexibility index (Phi) is 3.39. The molecule has 0 saturated carbocycles. The molecule has 84 valence electrons. The van der Waals surface area contributed by atoms with E-state index in [0.29, 0.717) is 11.3 Å². The van der Waals surface area contributed by atoms with Crippen molar-refractivity contribution in [3.63, 3.8) is 0 Å². The molecule has 0 aliphatic carbocycles. The van der Waals surface area contributed by atoms with Crippen LogP contribution in [0.15, 0.2) is 18.2 Å². The highest BCUT2D eigenvalue weighted by Crippen LogP contribution is 2.32. The summed E-state index contributed by atoms with van der Waals surface area (Å²) in [7, 11) is -4.03. The van der Waals surface area contributed by atoms with Crippen molar-refractivity contribution in [2.75, 3.05) is 5.09 Å². The van der Waals surface area contributed by atoms with E-state index < -0.39 is 7.67 Å². The van der Waals surface area contributed by atoms with Gasteiger partial charge >= 0.3 is 0 Å². The van der Waals surface area contributed by atoms with Crippen molar-refractivity contribution in [2.45, 2.75) is 19.8 Å². The summed E-state index contributed by atoms with van der Waals surface area (Å²) < 4.78 is 10.8. The van der Waals surface area contributed by atoms with Crippen LogP contribution >= 0.6 is 7.67 Å². The van der Waals surface area contributed by atoms with Crippen molar-refractivity contribution in [1.29, 1.82) is 0 Å². The van der Waals surface area contributed by atoms with Crippen molar-refractivity contribution in [3.05, 3.63) is 23.8 Å². The van der Waals surface area contributed by atoms with Crippen molar-refractivity contribution >= 4 is 13.4 Å². The third-order valence-corrected chi connectivity index (χ3v) is 2.50. The maximum atomic E-state index is 10.8. The minimum absolute atomic E-state index is 0.107. The minimum atomic E-state index is -4.03. The van der Waals surface area contributed by atoms with Crippen LogP contribution in [-0.2, 0) is 4.57 Å². The average Bonchev–Trinajstić information content (AvgIpc) is 2.05. The molecule has 0 saturated heterocycles. The van der Waals surface area contributed by atoms with E-state index >= 15 is 0 Å². The Balaban J connectivity index is 3.03. The highest BCUT2D eigenvalue weighted by atomic mass is 31.2. The fraction of sp³-hybridized carbons (Fsp3) is 0.333. The van der Waals surface area contributed by atoms with Gasteiger partial charge in [0.2, 0.25) is 0 Å². The molecule has 1 atom stereocenters. The maximum absolute atomic E-state index is 10.8. The van der Waals surface area contributed by atoms with E-state index in [2.05, 4.69) is 5.09 Å².